The largest absolute Gasteiger partial charge is 0.346 e. The maximum atomic E-state index is 12.1. The standard InChI is InChI=1S/C20H20N2O3/c1-14(17-10-9-16-5-3-6-18(16)13-17)21-20(23)11-8-15-4-2-7-19(12-15)22(24)25/h2,4,7-14H,3,5-6H2,1H3,(H,21,23)/b11-8+/t14-/m1/s1. The predicted octanol–water partition coefficient (Wildman–Crippen LogP) is 3.97. The van der Waals surface area contributed by atoms with Crippen LogP contribution in [0.4, 0.5) is 5.69 Å². The molecule has 1 amide bonds. The van der Waals surface area contributed by atoms with Gasteiger partial charge in [-0.1, -0.05) is 30.3 Å². The van der Waals surface area contributed by atoms with Crippen molar-refractivity contribution in [3.05, 3.63) is 80.9 Å². The van der Waals surface area contributed by atoms with E-state index in [1.807, 2.05) is 6.92 Å². The van der Waals surface area contributed by atoms with Gasteiger partial charge in [0.05, 0.1) is 11.0 Å². The summed E-state index contributed by atoms with van der Waals surface area (Å²) >= 11 is 0. The van der Waals surface area contributed by atoms with Crippen LogP contribution in [0.25, 0.3) is 6.08 Å². The number of amides is 1. The van der Waals surface area contributed by atoms with Crippen molar-refractivity contribution in [2.24, 2.45) is 0 Å². The summed E-state index contributed by atoms with van der Waals surface area (Å²) in [4.78, 5) is 22.4. The van der Waals surface area contributed by atoms with Gasteiger partial charge in [-0.2, -0.15) is 0 Å². The van der Waals surface area contributed by atoms with Crippen LogP contribution in [0.1, 0.15) is 41.6 Å². The lowest BCUT2D eigenvalue weighted by Crippen LogP contribution is -2.24. The summed E-state index contributed by atoms with van der Waals surface area (Å²) in [6.45, 7) is 1.95. The SMILES string of the molecule is C[C@@H](NC(=O)/C=C/c1cccc([N+](=O)[O-])c1)c1ccc2c(c1)CCC2. The number of hydrogen-bond acceptors (Lipinski definition) is 3. The van der Waals surface area contributed by atoms with Gasteiger partial charge >= 0.3 is 0 Å². The average Bonchev–Trinajstić information content (AvgIpc) is 3.07. The number of benzene rings is 2. The molecule has 5 heteroatoms. The lowest BCUT2D eigenvalue weighted by atomic mass is 10.0. The first kappa shape index (κ1) is 16.9. The van der Waals surface area contributed by atoms with Crippen molar-refractivity contribution in [1.82, 2.24) is 5.32 Å². The van der Waals surface area contributed by atoms with Crippen molar-refractivity contribution >= 4 is 17.7 Å². The van der Waals surface area contributed by atoms with E-state index in [0.29, 0.717) is 5.56 Å². The van der Waals surface area contributed by atoms with Crippen LogP contribution in [-0.4, -0.2) is 10.8 Å². The third-order valence-electron chi connectivity index (χ3n) is 4.49. The molecule has 1 aliphatic rings. The Morgan fingerprint density at radius 1 is 1.20 bits per heavy atom. The number of fused-ring (bicyclic) bond motifs is 1. The third-order valence-corrected chi connectivity index (χ3v) is 4.49. The summed E-state index contributed by atoms with van der Waals surface area (Å²) < 4.78 is 0. The summed E-state index contributed by atoms with van der Waals surface area (Å²) in [6, 6.07) is 12.5. The average molecular weight is 336 g/mol. The van der Waals surface area contributed by atoms with Crippen LogP contribution in [0, 0.1) is 10.1 Å². The van der Waals surface area contributed by atoms with Crippen LogP contribution in [-0.2, 0) is 17.6 Å². The molecule has 0 aliphatic heterocycles. The van der Waals surface area contributed by atoms with Crippen LogP contribution in [0.5, 0.6) is 0 Å². The second-order valence-electron chi connectivity index (χ2n) is 6.30. The Morgan fingerprint density at radius 2 is 2.00 bits per heavy atom. The number of nitrogens with one attached hydrogen (secondary N) is 1. The van der Waals surface area contributed by atoms with Gasteiger partial charge in [0.25, 0.3) is 5.69 Å². The summed E-state index contributed by atoms with van der Waals surface area (Å²) in [6.07, 6.45) is 6.44. The Morgan fingerprint density at radius 3 is 2.80 bits per heavy atom. The Labute approximate surface area is 146 Å². The first-order chi connectivity index (χ1) is 12.0. The van der Waals surface area contributed by atoms with E-state index in [1.165, 1.54) is 35.8 Å². The normalized spacial score (nSPS) is 14.3. The number of nitro groups is 1. The van der Waals surface area contributed by atoms with Crippen LogP contribution in [0.15, 0.2) is 48.5 Å². The van der Waals surface area contributed by atoms with E-state index in [-0.39, 0.29) is 17.6 Å². The van der Waals surface area contributed by atoms with Crippen molar-refractivity contribution in [3.8, 4) is 0 Å². The van der Waals surface area contributed by atoms with Gasteiger partial charge in [-0.3, -0.25) is 14.9 Å². The van der Waals surface area contributed by atoms with Gasteiger partial charge in [0, 0.05) is 18.2 Å². The number of hydrogen-bond donors (Lipinski definition) is 1. The molecule has 0 radical (unpaired) electrons. The molecule has 0 saturated heterocycles. The second kappa shape index (κ2) is 7.30. The molecule has 1 atom stereocenters. The number of rotatable bonds is 5. The predicted molar refractivity (Wildman–Crippen MR) is 97.2 cm³/mol. The highest BCUT2D eigenvalue weighted by Crippen LogP contribution is 2.25. The zero-order chi connectivity index (χ0) is 17.8. The second-order valence-corrected chi connectivity index (χ2v) is 6.30. The fraction of sp³-hybridized carbons (Fsp3) is 0.250. The van der Waals surface area contributed by atoms with Gasteiger partial charge in [-0.15, -0.1) is 0 Å². The Kier molecular flexibility index (Phi) is 4.93. The molecule has 5 nitrogen and oxygen atoms in total. The van der Waals surface area contributed by atoms with Crippen LogP contribution >= 0.6 is 0 Å². The van der Waals surface area contributed by atoms with Gasteiger partial charge in [0.1, 0.15) is 0 Å². The van der Waals surface area contributed by atoms with E-state index in [1.54, 1.807) is 18.2 Å². The molecule has 0 aromatic heterocycles. The minimum absolute atomic E-state index is 0.00840. The van der Waals surface area contributed by atoms with E-state index >= 15 is 0 Å². The summed E-state index contributed by atoms with van der Waals surface area (Å²) in [5, 5.41) is 13.7. The monoisotopic (exact) mass is 336 g/mol. The maximum absolute atomic E-state index is 12.1. The van der Waals surface area contributed by atoms with E-state index in [0.717, 1.165) is 18.4 Å². The van der Waals surface area contributed by atoms with Gasteiger partial charge in [0.2, 0.25) is 5.91 Å². The first-order valence-corrected chi connectivity index (χ1v) is 8.37. The highest BCUT2D eigenvalue weighted by Gasteiger charge is 2.14. The molecule has 1 aliphatic carbocycles. The zero-order valence-corrected chi connectivity index (χ0v) is 14.1. The first-order valence-electron chi connectivity index (χ1n) is 8.37. The lowest BCUT2D eigenvalue weighted by molar-refractivity contribution is -0.384. The van der Waals surface area contributed by atoms with Gasteiger partial charge in [0.15, 0.2) is 0 Å². The molecule has 0 fully saturated rings. The maximum Gasteiger partial charge on any atom is 0.270 e. The van der Waals surface area contributed by atoms with Crippen LogP contribution in [0.2, 0.25) is 0 Å². The van der Waals surface area contributed by atoms with Gasteiger partial charge in [-0.05, 0) is 54.5 Å². The van der Waals surface area contributed by atoms with Crippen molar-refractivity contribution in [2.45, 2.75) is 32.2 Å². The number of nitro benzene ring substituents is 1. The molecule has 2 aromatic carbocycles. The molecule has 0 bridgehead atoms. The van der Waals surface area contributed by atoms with Crippen molar-refractivity contribution in [2.75, 3.05) is 0 Å². The Bertz CT molecular complexity index is 843. The number of nitrogens with zero attached hydrogens (tertiary/aromatic N) is 1. The highest BCUT2D eigenvalue weighted by atomic mass is 16.6. The molecule has 25 heavy (non-hydrogen) atoms. The smallest absolute Gasteiger partial charge is 0.270 e. The molecular weight excluding hydrogens is 316 g/mol. The molecule has 0 saturated carbocycles. The van der Waals surface area contributed by atoms with Crippen molar-refractivity contribution in [1.29, 1.82) is 0 Å². The lowest BCUT2D eigenvalue weighted by Gasteiger charge is -2.14. The van der Waals surface area contributed by atoms with Crippen molar-refractivity contribution in [3.63, 3.8) is 0 Å². The Hall–Kier alpha value is -2.95. The molecular formula is C20H20N2O3. The Balaban J connectivity index is 1.64. The zero-order valence-electron chi connectivity index (χ0n) is 14.1. The summed E-state index contributed by atoms with van der Waals surface area (Å²) in [7, 11) is 0. The number of non-ortho nitro benzene ring substituents is 1. The molecule has 0 spiro atoms. The van der Waals surface area contributed by atoms with E-state index in [4.69, 9.17) is 0 Å². The minimum atomic E-state index is -0.451. The molecule has 0 heterocycles. The van der Waals surface area contributed by atoms with E-state index in [9.17, 15) is 14.9 Å². The quantitative estimate of drug-likeness (QED) is 0.510. The minimum Gasteiger partial charge on any atom is -0.346 e. The van der Waals surface area contributed by atoms with Crippen LogP contribution < -0.4 is 5.32 Å². The molecule has 128 valence electrons. The fourth-order valence-electron chi connectivity index (χ4n) is 3.12. The molecule has 3 rings (SSSR count). The number of carbonyl (C=O) groups excluding carboxylic acids is 1. The van der Waals surface area contributed by atoms with E-state index in [2.05, 4.69) is 23.5 Å². The highest BCUT2D eigenvalue weighted by molar-refractivity contribution is 5.92. The van der Waals surface area contributed by atoms with Gasteiger partial charge in [-0.25, -0.2) is 0 Å². The molecule has 2 aromatic rings. The van der Waals surface area contributed by atoms with E-state index < -0.39 is 4.92 Å². The number of aryl methyl sites for hydroxylation is 2. The van der Waals surface area contributed by atoms with Crippen LogP contribution in [0.3, 0.4) is 0 Å². The molecule has 1 N–H and O–H groups in total. The van der Waals surface area contributed by atoms with Gasteiger partial charge < -0.3 is 5.32 Å². The number of carbonyl (C=O) groups is 1. The summed E-state index contributed by atoms with van der Waals surface area (Å²) in [5.74, 6) is -0.223. The summed E-state index contributed by atoms with van der Waals surface area (Å²) in [5.41, 5.74) is 4.51. The topological polar surface area (TPSA) is 72.2 Å². The fourth-order valence-corrected chi connectivity index (χ4v) is 3.12. The van der Waals surface area contributed by atoms with Crippen molar-refractivity contribution < 1.29 is 9.72 Å². The molecule has 0 unspecified atom stereocenters. The third kappa shape index (κ3) is 4.12.